The van der Waals surface area contributed by atoms with Crippen molar-refractivity contribution in [2.45, 2.75) is 32.9 Å². The number of fused-ring (bicyclic) bond motifs is 1. The Morgan fingerprint density at radius 1 is 1.12 bits per heavy atom. The van der Waals surface area contributed by atoms with Crippen molar-refractivity contribution in [1.29, 1.82) is 0 Å². The number of aromatic amines is 1. The standard InChI is InChI=1S/C24H26N6O3/c1-3-4-14-30-20-21(29(2)24(32)27-22(20)31)26-23(30)28-25-15-17-10-12-19(13-11-17)33-16-18-8-6-5-7-9-18/h5-13,15H,3-4,14,16H2,1-2H3,(H,26,28)(H,27,31,32). The van der Waals surface area contributed by atoms with E-state index in [1.54, 1.807) is 17.8 Å². The van der Waals surface area contributed by atoms with Crippen LogP contribution in [-0.4, -0.2) is 25.3 Å². The number of hydrogen-bond donors (Lipinski definition) is 2. The number of nitrogens with zero attached hydrogens (tertiary/aromatic N) is 4. The summed E-state index contributed by atoms with van der Waals surface area (Å²) in [5, 5.41) is 4.28. The van der Waals surface area contributed by atoms with Crippen molar-refractivity contribution in [1.82, 2.24) is 19.1 Å². The first-order chi connectivity index (χ1) is 16.1. The van der Waals surface area contributed by atoms with Gasteiger partial charge >= 0.3 is 5.69 Å². The van der Waals surface area contributed by atoms with Gasteiger partial charge in [-0.3, -0.25) is 14.3 Å². The van der Waals surface area contributed by atoms with Gasteiger partial charge in [-0.15, -0.1) is 0 Å². The third-order valence-corrected chi connectivity index (χ3v) is 5.25. The number of nitrogens with one attached hydrogen (secondary N) is 2. The molecule has 0 aliphatic carbocycles. The SMILES string of the molecule is CCCCn1c(NN=Cc2ccc(OCc3ccccc3)cc2)nc2c1c(=O)[nH]c(=O)n2C. The lowest BCUT2D eigenvalue weighted by atomic mass is 10.2. The molecule has 9 nitrogen and oxygen atoms in total. The molecule has 0 atom stereocenters. The molecule has 0 amide bonds. The van der Waals surface area contributed by atoms with Gasteiger partial charge in [0.1, 0.15) is 12.4 Å². The normalized spacial score (nSPS) is 11.3. The molecule has 170 valence electrons. The lowest BCUT2D eigenvalue weighted by Crippen LogP contribution is -2.29. The Kier molecular flexibility index (Phi) is 6.68. The van der Waals surface area contributed by atoms with E-state index in [0.29, 0.717) is 30.3 Å². The van der Waals surface area contributed by atoms with Gasteiger partial charge in [-0.1, -0.05) is 43.7 Å². The summed E-state index contributed by atoms with van der Waals surface area (Å²) in [5.74, 6) is 1.18. The predicted molar refractivity (Wildman–Crippen MR) is 129 cm³/mol. The average Bonchev–Trinajstić information content (AvgIpc) is 3.20. The fourth-order valence-corrected chi connectivity index (χ4v) is 3.41. The fraction of sp³-hybridized carbons (Fsp3) is 0.250. The molecule has 0 spiro atoms. The summed E-state index contributed by atoms with van der Waals surface area (Å²) in [7, 11) is 1.58. The van der Waals surface area contributed by atoms with Gasteiger partial charge in [0.2, 0.25) is 5.95 Å². The van der Waals surface area contributed by atoms with Crippen LogP contribution < -0.4 is 21.4 Å². The van der Waals surface area contributed by atoms with E-state index in [-0.39, 0.29) is 0 Å². The fourth-order valence-electron chi connectivity index (χ4n) is 3.41. The predicted octanol–water partition coefficient (Wildman–Crippen LogP) is 3.25. The molecule has 4 rings (SSSR count). The quantitative estimate of drug-likeness (QED) is 0.303. The van der Waals surface area contributed by atoms with Crippen LogP contribution in [-0.2, 0) is 20.2 Å². The van der Waals surface area contributed by atoms with E-state index in [2.05, 4.69) is 27.4 Å². The molecule has 2 heterocycles. The van der Waals surface area contributed by atoms with Crippen molar-refractivity contribution in [3.8, 4) is 5.75 Å². The molecule has 0 aliphatic heterocycles. The van der Waals surface area contributed by atoms with Crippen molar-refractivity contribution < 1.29 is 4.74 Å². The van der Waals surface area contributed by atoms with E-state index < -0.39 is 11.2 Å². The van der Waals surface area contributed by atoms with Crippen LogP contribution in [0.25, 0.3) is 11.2 Å². The van der Waals surface area contributed by atoms with E-state index in [4.69, 9.17) is 4.74 Å². The topological polar surface area (TPSA) is 106 Å². The molecule has 0 aliphatic rings. The zero-order valence-corrected chi connectivity index (χ0v) is 18.6. The molecule has 0 saturated carbocycles. The molecule has 0 radical (unpaired) electrons. The minimum Gasteiger partial charge on any atom is -0.489 e. The van der Waals surface area contributed by atoms with Crippen LogP contribution in [0, 0.1) is 0 Å². The number of imidazole rings is 1. The molecule has 4 aromatic rings. The lowest BCUT2D eigenvalue weighted by Gasteiger charge is -2.07. The molecule has 2 N–H and O–H groups in total. The second-order valence-corrected chi connectivity index (χ2v) is 7.64. The molecule has 0 fully saturated rings. The number of aryl methyl sites for hydroxylation is 2. The van der Waals surface area contributed by atoms with Gasteiger partial charge in [0, 0.05) is 13.6 Å². The molecular weight excluding hydrogens is 420 g/mol. The van der Waals surface area contributed by atoms with Gasteiger partial charge in [-0.25, -0.2) is 10.2 Å². The highest BCUT2D eigenvalue weighted by Crippen LogP contribution is 2.17. The van der Waals surface area contributed by atoms with Gasteiger partial charge in [-0.2, -0.15) is 10.1 Å². The second-order valence-electron chi connectivity index (χ2n) is 7.64. The number of ether oxygens (including phenoxy) is 1. The summed E-state index contributed by atoms with van der Waals surface area (Å²) in [5.41, 5.74) is 4.60. The van der Waals surface area contributed by atoms with Crippen molar-refractivity contribution in [3.63, 3.8) is 0 Å². The maximum atomic E-state index is 12.4. The van der Waals surface area contributed by atoms with Crippen molar-refractivity contribution in [2.24, 2.45) is 12.1 Å². The molecule has 0 bridgehead atoms. The highest BCUT2D eigenvalue weighted by molar-refractivity contribution is 5.80. The summed E-state index contributed by atoms with van der Waals surface area (Å²) in [4.78, 5) is 31.1. The zero-order chi connectivity index (χ0) is 23.2. The summed E-state index contributed by atoms with van der Waals surface area (Å²) >= 11 is 0. The smallest absolute Gasteiger partial charge is 0.329 e. The van der Waals surface area contributed by atoms with Crippen molar-refractivity contribution in [2.75, 3.05) is 5.43 Å². The van der Waals surface area contributed by atoms with Crippen molar-refractivity contribution >= 4 is 23.3 Å². The third kappa shape index (κ3) is 5.03. The highest BCUT2D eigenvalue weighted by atomic mass is 16.5. The largest absolute Gasteiger partial charge is 0.489 e. The Balaban J connectivity index is 1.49. The molecular formula is C24H26N6O3. The maximum Gasteiger partial charge on any atom is 0.329 e. The molecule has 9 heteroatoms. The molecule has 33 heavy (non-hydrogen) atoms. The van der Waals surface area contributed by atoms with Crippen LogP contribution in [0.4, 0.5) is 5.95 Å². The lowest BCUT2D eigenvalue weighted by molar-refractivity contribution is 0.306. The minimum absolute atomic E-state index is 0.317. The van der Waals surface area contributed by atoms with E-state index >= 15 is 0 Å². The number of benzene rings is 2. The van der Waals surface area contributed by atoms with Gasteiger partial charge in [-0.05, 0) is 41.8 Å². The van der Waals surface area contributed by atoms with Crippen molar-refractivity contribution in [3.05, 3.63) is 86.6 Å². The van der Waals surface area contributed by atoms with E-state index in [1.165, 1.54) is 4.57 Å². The van der Waals surface area contributed by atoms with Gasteiger partial charge in [0.25, 0.3) is 5.56 Å². The first kappa shape index (κ1) is 22.1. The number of unbranched alkanes of at least 4 members (excludes halogenated alkanes) is 1. The first-order valence-corrected chi connectivity index (χ1v) is 10.8. The maximum absolute atomic E-state index is 12.4. The van der Waals surface area contributed by atoms with E-state index in [0.717, 1.165) is 29.7 Å². The number of rotatable bonds is 9. The van der Waals surface area contributed by atoms with E-state index in [1.807, 2.05) is 54.6 Å². The zero-order valence-electron chi connectivity index (χ0n) is 18.6. The Morgan fingerprint density at radius 3 is 2.61 bits per heavy atom. The molecule has 0 saturated heterocycles. The summed E-state index contributed by atoms with van der Waals surface area (Å²) in [6.07, 6.45) is 3.47. The van der Waals surface area contributed by atoms with Crippen LogP contribution >= 0.6 is 0 Å². The summed E-state index contributed by atoms with van der Waals surface area (Å²) in [6.45, 7) is 3.16. The summed E-state index contributed by atoms with van der Waals surface area (Å²) in [6, 6.07) is 17.6. The third-order valence-electron chi connectivity index (χ3n) is 5.25. The highest BCUT2D eigenvalue weighted by Gasteiger charge is 2.16. The number of hydrogen-bond acceptors (Lipinski definition) is 6. The number of H-pyrrole nitrogens is 1. The van der Waals surface area contributed by atoms with Gasteiger partial charge in [0.15, 0.2) is 11.2 Å². The van der Waals surface area contributed by atoms with Gasteiger partial charge < -0.3 is 9.30 Å². The van der Waals surface area contributed by atoms with E-state index in [9.17, 15) is 9.59 Å². The van der Waals surface area contributed by atoms with Crippen LogP contribution in [0.5, 0.6) is 5.75 Å². The Bertz CT molecular complexity index is 1370. The average molecular weight is 447 g/mol. The van der Waals surface area contributed by atoms with Crippen LogP contribution in [0.3, 0.4) is 0 Å². The second kappa shape index (κ2) is 9.99. The van der Waals surface area contributed by atoms with Crippen LogP contribution in [0.1, 0.15) is 30.9 Å². The Hall–Kier alpha value is -4.14. The molecule has 2 aromatic heterocycles. The number of hydrazone groups is 1. The van der Waals surface area contributed by atoms with Gasteiger partial charge in [0.05, 0.1) is 6.21 Å². The summed E-state index contributed by atoms with van der Waals surface area (Å²) < 4.78 is 8.89. The monoisotopic (exact) mass is 446 g/mol. The van der Waals surface area contributed by atoms with Crippen LogP contribution in [0.2, 0.25) is 0 Å². The Labute approximate surface area is 190 Å². The Morgan fingerprint density at radius 2 is 1.88 bits per heavy atom. The minimum atomic E-state index is -0.503. The first-order valence-electron chi connectivity index (χ1n) is 10.8. The number of anilines is 1. The molecule has 2 aromatic carbocycles. The number of aromatic nitrogens is 4. The molecule has 0 unspecified atom stereocenters. The van der Waals surface area contributed by atoms with Crippen LogP contribution in [0.15, 0.2) is 69.3 Å².